The van der Waals surface area contributed by atoms with E-state index >= 15 is 0 Å². The van der Waals surface area contributed by atoms with Crippen LogP contribution in [0.4, 0.5) is 16.2 Å². The molecule has 2 atom stereocenters. The predicted molar refractivity (Wildman–Crippen MR) is 229 cm³/mol. The van der Waals surface area contributed by atoms with Gasteiger partial charge in [0.15, 0.2) is 1.37 Å². The highest BCUT2D eigenvalue weighted by atomic mass is 16.5. The van der Waals surface area contributed by atoms with Crippen LogP contribution in [0.3, 0.4) is 0 Å². The second-order valence-electron chi connectivity index (χ2n) is 14.9. The maximum Gasteiger partial charge on any atom is 0.312 e. The fourth-order valence-corrected chi connectivity index (χ4v) is 7.11. The highest BCUT2D eigenvalue weighted by Crippen LogP contribution is 2.41. The molecule has 0 saturated heterocycles. The van der Waals surface area contributed by atoms with Crippen LogP contribution in [-0.2, 0) is 43.6 Å². The molecule has 6 amide bonds. The molecule has 1 aliphatic heterocycles. The van der Waals surface area contributed by atoms with E-state index in [1.54, 1.807) is 55.1 Å². The number of primary amides is 1. The van der Waals surface area contributed by atoms with Crippen LogP contribution in [0.25, 0.3) is 22.5 Å². The van der Waals surface area contributed by atoms with Gasteiger partial charge in [-0.3, -0.25) is 24.0 Å². The van der Waals surface area contributed by atoms with E-state index in [1.165, 1.54) is 0 Å². The van der Waals surface area contributed by atoms with Crippen LogP contribution in [0.2, 0.25) is 0 Å². The minimum absolute atomic E-state index is 0.000487. The van der Waals surface area contributed by atoms with Crippen molar-refractivity contribution in [3.8, 4) is 22.5 Å². The number of aromatic nitrogens is 3. The molecule has 6 N–H and O–H groups in total. The topological polar surface area (TPSA) is 220 Å². The average molecular weight is 829 g/mol. The first kappa shape index (κ1) is 41.8. The molecular weight excluding hydrogens is 779 g/mol. The summed E-state index contributed by atoms with van der Waals surface area (Å²) in [7, 11) is 0. The highest BCUT2D eigenvalue weighted by Gasteiger charge is 2.31. The Morgan fingerprint density at radius 1 is 0.885 bits per heavy atom. The lowest BCUT2D eigenvalue weighted by molar-refractivity contribution is -0.130. The Morgan fingerprint density at radius 2 is 1.57 bits per heavy atom. The molecule has 316 valence electrons. The zero-order valence-electron chi connectivity index (χ0n) is 35.1. The zero-order chi connectivity index (χ0) is 44.3. The van der Waals surface area contributed by atoms with Gasteiger partial charge in [-0.2, -0.15) is 0 Å². The summed E-state index contributed by atoms with van der Waals surface area (Å²) in [5.41, 5.74) is 12.2. The lowest BCUT2D eigenvalue weighted by Crippen LogP contribution is -2.54. The molecular formula is C45H49N9O7. The summed E-state index contributed by atoms with van der Waals surface area (Å²) in [6, 6.07) is 26.2. The number of ether oxygens (including phenoxy) is 1. The maximum absolute atomic E-state index is 13.8. The van der Waals surface area contributed by atoms with Gasteiger partial charge < -0.3 is 36.6 Å². The number of fused-ring (bicyclic) bond motifs is 5. The predicted octanol–water partition coefficient (Wildman–Crippen LogP) is 4.92. The van der Waals surface area contributed by atoms with Gasteiger partial charge in [0.25, 0.3) is 12.4 Å². The normalized spacial score (nSPS) is 12.9. The van der Waals surface area contributed by atoms with E-state index in [0.717, 1.165) is 33.6 Å². The Kier molecular flexibility index (Phi) is 13.7. The smallest absolute Gasteiger partial charge is 0.312 e. The van der Waals surface area contributed by atoms with Gasteiger partial charge in [-0.1, -0.05) is 92.7 Å². The van der Waals surface area contributed by atoms with Gasteiger partial charge in [0, 0.05) is 35.3 Å². The number of amides is 6. The number of nitrogens with zero attached hydrogens (tertiary/aromatic N) is 4. The Labute approximate surface area is 354 Å². The number of carbonyl (C=O) groups is 6. The second kappa shape index (κ2) is 20.1. The first-order valence-corrected chi connectivity index (χ1v) is 20.0. The van der Waals surface area contributed by atoms with Gasteiger partial charge in [0.2, 0.25) is 17.7 Å². The molecule has 6 rings (SSSR count). The van der Waals surface area contributed by atoms with E-state index in [4.69, 9.17) is 7.10 Å². The molecule has 0 radical (unpaired) electrons. The first-order valence-electron chi connectivity index (χ1n) is 20.5. The standard InChI is InChI=1S/C45H49N9O7/c1-4-38(56)53-25-32-10-5-6-11-34(32)41-40(35-12-7-8-14-37(35)53)51-52-54(41)24-29-15-19-31(20-16-29)42(57)50-39(28(2)3)44(59)49-36(13-9-23-47-45(46)60)43(58)48-33-21-17-30(18-22-33)26-61-27-55/h5-8,10-12,14-22,27-28,36,39H,4,9,13,23-26H2,1-3H3,(H,48,58)(H,49,59)(H,50,57)(H3,46,47,60)/t36-,39-/m0/s1/i27D. The van der Waals surface area contributed by atoms with Crippen molar-refractivity contribution in [2.75, 3.05) is 16.8 Å². The fourth-order valence-electron chi connectivity index (χ4n) is 7.11. The van der Waals surface area contributed by atoms with E-state index < -0.39 is 42.3 Å². The molecule has 2 heterocycles. The Morgan fingerprint density at radius 3 is 2.26 bits per heavy atom. The number of benzene rings is 4. The summed E-state index contributed by atoms with van der Waals surface area (Å²) >= 11 is 0. The molecule has 0 fully saturated rings. The number of urea groups is 1. The van der Waals surface area contributed by atoms with Gasteiger partial charge in [-0.15, -0.1) is 5.10 Å². The molecule has 5 aromatic rings. The molecule has 0 aliphatic carbocycles. The molecule has 0 saturated carbocycles. The van der Waals surface area contributed by atoms with Gasteiger partial charge in [-0.05, 0) is 65.8 Å². The van der Waals surface area contributed by atoms with Crippen LogP contribution < -0.4 is 31.9 Å². The molecule has 1 aliphatic rings. The molecule has 61 heavy (non-hydrogen) atoms. The minimum atomic E-state index is -1.16. The van der Waals surface area contributed by atoms with Crippen LogP contribution >= 0.6 is 0 Å². The Bertz CT molecular complexity index is 2440. The quantitative estimate of drug-likeness (QED) is 0.0673. The van der Waals surface area contributed by atoms with Crippen molar-refractivity contribution in [1.82, 2.24) is 30.9 Å². The van der Waals surface area contributed by atoms with E-state index in [0.29, 0.717) is 48.4 Å². The number of para-hydroxylation sites is 1. The summed E-state index contributed by atoms with van der Waals surface area (Å²) in [4.78, 5) is 77.9. The lowest BCUT2D eigenvalue weighted by atomic mass is 9.95. The minimum Gasteiger partial charge on any atom is -0.463 e. The molecule has 16 heteroatoms. The Hall–Kier alpha value is -7.36. The molecule has 0 bridgehead atoms. The highest BCUT2D eigenvalue weighted by molar-refractivity contribution is 6.01. The zero-order valence-corrected chi connectivity index (χ0v) is 34.1. The summed E-state index contributed by atoms with van der Waals surface area (Å²) in [5.74, 6) is -1.97. The van der Waals surface area contributed by atoms with Crippen molar-refractivity contribution in [3.05, 3.63) is 119 Å². The number of nitrogens with two attached hydrogens (primary N) is 1. The van der Waals surface area contributed by atoms with Crippen LogP contribution in [0.5, 0.6) is 0 Å². The van der Waals surface area contributed by atoms with Crippen LogP contribution in [0.1, 0.15) is 68.5 Å². The van der Waals surface area contributed by atoms with Gasteiger partial charge in [-0.25, -0.2) is 9.48 Å². The van der Waals surface area contributed by atoms with Crippen LogP contribution in [0, 0.1) is 5.92 Å². The third-order valence-electron chi connectivity index (χ3n) is 10.3. The number of hydrogen-bond acceptors (Lipinski definition) is 9. The number of anilines is 2. The number of nitrogens with one attached hydrogen (secondary N) is 4. The van der Waals surface area contributed by atoms with Crippen molar-refractivity contribution in [2.45, 2.75) is 71.8 Å². The number of rotatable bonds is 16. The summed E-state index contributed by atoms with van der Waals surface area (Å²) in [5, 5.41) is 20.0. The summed E-state index contributed by atoms with van der Waals surface area (Å²) < 4.78 is 13.4. The van der Waals surface area contributed by atoms with Crippen LogP contribution in [0.15, 0.2) is 97.1 Å². The lowest BCUT2D eigenvalue weighted by Gasteiger charge is -2.28. The second-order valence-corrected chi connectivity index (χ2v) is 14.9. The summed E-state index contributed by atoms with van der Waals surface area (Å²) in [6.07, 6.45) is -0.369. The van der Waals surface area contributed by atoms with Crippen molar-refractivity contribution < 1.29 is 34.9 Å². The number of hydrogen-bond donors (Lipinski definition) is 5. The first-order chi connectivity index (χ1) is 29.8. The molecule has 16 nitrogen and oxygen atoms in total. The van der Waals surface area contributed by atoms with E-state index in [1.807, 2.05) is 72.3 Å². The third kappa shape index (κ3) is 10.6. The fraction of sp³-hybridized carbons (Fsp3) is 0.289. The molecule has 0 spiro atoms. The molecule has 0 unspecified atom stereocenters. The Balaban J connectivity index is 1.16. The van der Waals surface area contributed by atoms with Crippen LogP contribution in [-0.4, -0.2) is 69.7 Å². The van der Waals surface area contributed by atoms with Crippen molar-refractivity contribution in [2.24, 2.45) is 11.7 Å². The average Bonchev–Trinajstić information content (AvgIpc) is 3.66. The third-order valence-corrected chi connectivity index (χ3v) is 10.3. The maximum atomic E-state index is 13.8. The SMILES string of the molecule is [2H]C(=O)OCc1ccc(NC(=O)[C@H](CCCNC(N)=O)NC(=O)[C@@H](NC(=O)c2ccc(Cn3nnc4c3-c3ccccc3CN(C(=O)CC)c3ccccc3-4)cc2)C(C)C)cc1. The van der Waals surface area contributed by atoms with Gasteiger partial charge in [0.1, 0.15) is 24.4 Å². The van der Waals surface area contributed by atoms with E-state index in [-0.39, 0.29) is 31.4 Å². The summed E-state index contributed by atoms with van der Waals surface area (Å²) in [6.45, 7) is 6.18. The van der Waals surface area contributed by atoms with Gasteiger partial charge >= 0.3 is 6.03 Å². The monoisotopic (exact) mass is 828 g/mol. The molecule has 4 aromatic carbocycles. The largest absolute Gasteiger partial charge is 0.463 e. The van der Waals surface area contributed by atoms with E-state index in [9.17, 15) is 28.8 Å². The van der Waals surface area contributed by atoms with Gasteiger partial charge in [0.05, 0.1) is 24.5 Å². The van der Waals surface area contributed by atoms with Crippen molar-refractivity contribution in [3.63, 3.8) is 0 Å². The number of carbonyl (C=O) groups excluding carboxylic acids is 6. The van der Waals surface area contributed by atoms with E-state index in [2.05, 4.69) is 36.3 Å². The molecule has 1 aromatic heterocycles. The van der Waals surface area contributed by atoms with Crippen molar-refractivity contribution >= 4 is 47.5 Å². The van der Waals surface area contributed by atoms with Crippen molar-refractivity contribution in [1.29, 1.82) is 0 Å².